The summed E-state index contributed by atoms with van der Waals surface area (Å²) in [5, 5.41) is 0. The Morgan fingerprint density at radius 3 is 2.50 bits per heavy atom. The van der Waals surface area contributed by atoms with Crippen molar-refractivity contribution >= 4 is 5.91 Å². The first-order valence-corrected chi connectivity index (χ1v) is 9.63. The molecule has 2 aliphatic heterocycles. The van der Waals surface area contributed by atoms with Crippen LogP contribution in [0.25, 0.3) is 11.1 Å². The molecule has 0 spiro atoms. The summed E-state index contributed by atoms with van der Waals surface area (Å²) in [6.07, 6.45) is 8.34. The van der Waals surface area contributed by atoms with E-state index in [9.17, 15) is 4.79 Å². The second-order valence-electron chi connectivity index (χ2n) is 7.51. The van der Waals surface area contributed by atoms with Crippen LogP contribution in [0.1, 0.15) is 31.2 Å². The number of carbonyl (C=O) groups is 1. The fourth-order valence-electron chi connectivity index (χ4n) is 4.28. The fraction of sp³-hybridized carbons (Fsp3) is 0.455. The summed E-state index contributed by atoms with van der Waals surface area (Å²) in [7, 11) is 0. The normalized spacial score (nSPS) is 19.5. The van der Waals surface area contributed by atoms with Crippen LogP contribution >= 0.6 is 0 Å². The molecule has 136 valence electrons. The molecular weight excluding hydrogens is 324 g/mol. The molecule has 0 atom stereocenters. The number of hydrogen-bond acceptors (Lipinski definition) is 3. The van der Waals surface area contributed by atoms with E-state index in [-0.39, 0.29) is 5.41 Å². The number of ether oxygens (including phenoxy) is 1. The Morgan fingerprint density at radius 1 is 1.04 bits per heavy atom. The van der Waals surface area contributed by atoms with Gasteiger partial charge in [0.1, 0.15) is 0 Å². The summed E-state index contributed by atoms with van der Waals surface area (Å²) in [5.74, 6) is 0.340. The van der Waals surface area contributed by atoms with Crippen molar-refractivity contribution in [3.05, 3.63) is 54.4 Å². The highest BCUT2D eigenvalue weighted by Gasteiger charge is 2.43. The Morgan fingerprint density at radius 2 is 1.77 bits per heavy atom. The second kappa shape index (κ2) is 7.58. The predicted molar refractivity (Wildman–Crippen MR) is 102 cm³/mol. The number of rotatable bonds is 4. The molecule has 0 radical (unpaired) electrons. The average molecular weight is 350 g/mol. The van der Waals surface area contributed by atoms with Gasteiger partial charge < -0.3 is 9.64 Å². The van der Waals surface area contributed by atoms with Crippen LogP contribution in [-0.4, -0.2) is 42.1 Å². The van der Waals surface area contributed by atoms with Crippen LogP contribution in [0.5, 0.6) is 0 Å². The molecule has 4 rings (SSSR count). The van der Waals surface area contributed by atoms with Crippen molar-refractivity contribution in [1.82, 2.24) is 9.88 Å². The third kappa shape index (κ3) is 3.51. The topological polar surface area (TPSA) is 42.4 Å². The van der Waals surface area contributed by atoms with Gasteiger partial charge in [-0.2, -0.15) is 0 Å². The molecule has 0 bridgehead atoms. The fourth-order valence-corrected chi connectivity index (χ4v) is 4.28. The third-order valence-corrected chi connectivity index (χ3v) is 5.78. The lowest BCUT2D eigenvalue weighted by molar-refractivity contribution is -0.146. The number of amides is 1. The molecule has 4 heteroatoms. The highest BCUT2D eigenvalue weighted by atomic mass is 16.5. The summed E-state index contributed by atoms with van der Waals surface area (Å²) in [4.78, 5) is 19.5. The van der Waals surface area contributed by atoms with Crippen molar-refractivity contribution in [1.29, 1.82) is 0 Å². The van der Waals surface area contributed by atoms with Gasteiger partial charge in [-0.3, -0.25) is 9.78 Å². The Labute approximate surface area is 155 Å². The van der Waals surface area contributed by atoms with Crippen LogP contribution in [-0.2, 0) is 16.0 Å². The van der Waals surface area contributed by atoms with Gasteiger partial charge in [0.15, 0.2) is 0 Å². The van der Waals surface area contributed by atoms with E-state index in [1.54, 1.807) is 0 Å². The zero-order chi connectivity index (χ0) is 17.8. The average Bonchev–Trinajstić information content (AvgIpc) is 3.24. The van der Waals surface area contributed by atoms with Gasteiger partial charge in [-0.1, -0.05) is 24.3 Å². The van der Waals surface area contributed by atoms with Crippen LogP contribution < -0.4 is 0 Å². The quantitative estimate of drug-likeness (QED) is 0.844. The first-order chi connectivity index (χ1) is 12.8. The molecule has 1 aromatic carbocycles. The molecule has 26 heavy (non-hydrogen) atoms. The molecule has 0 N–H and O–H groups in total. The SMILES string of the molecule is O=C(N1CCCC1)C1(Cc2cccc(-c3ccncc3)c2)CCOCC1. The molecule has 1 amide bonds. The number of nitrogens with zero attached hydrogens (tertiary/aromatic N) is 2. The molecule has 2 fully saturated rings. The van der Waals surface area contributed by atoms with Crippen molar-refractivity contribution in [2.24, 2.45) is 5.41 Å². The smallest absolute Gasteiger partial charge is 0.229 e. The molecule has 4 nitrogen and oxygen atoms in total. The third-order valence-electron chi connectivity index (χ3n) is 5.78. The summed E-state index contributed by atoms with van der Waals surface area (Å²) < 4.78 is 5.59. The van der Waals surface area contributed by atoms with Crippen molar-refractivity contribution in [2.45, 2.75) is 32.1 Å². The van der Waals surface area contributed by atoms with Crippen molar-refractivity contribution < 1.29 is 9.53 Å². The zero-order valence-corrected chi connectivity index (χ0v) is 15.2. The van der Waals surface area contributed by atoms with Crippen molar-refractivity contribution in [3.8, 4) is 11.1 Å². The van der Waals surface area contributed by atoms with Gasteiger partial charge in [0.2, 0.25) is 5.91 Å². The molecule has 2 aliphatic rings. The van der Waals surface area contributed by atoms with Gasteiger partial charge in [0, 0.05) is 38.7 Å². The maximum absolute atomic E-state index is 13.3. The first-order valence-electron chi connectivity index (χ1n) is 9.63. The number of likely N-dealkylation sites (tertiary alicyclic amines) is 1. The van der Waals surface area contributed by atoms with Crippen LogP contribution in [0.4, 0.5) is 0 Å². The number of aromatic nitrogens is 1. The molecule has 0 saturated carbocycles. The molecule has 3 heterocycles. The predicted octanol–water partition coefficient (Wildman–Crippen LogP) is 3.71. The van der Waals surface area contributed by atoms with Crippen LogP contribution in [0.3, 0.4) is 0 Å². The molecule has 1 aromatic heterocycles. The summed E-state index contributed by atoms with van der Waals surface area (Å²) in [6.45, 7) is 3.20. The van der Waals surface area contributed by atoms with E-state index in [2.05, 4.69) is 34.1 Å². The Hall–Kier alpha value is -2.20. The maximum atomic E-state index is 13.3. The Kier molecular flexibility index (Phi) is 5.02. The monoisotopic (exact) mass is 350 g/mol. The standard InChI is InChI=1S/C22H26N2O2/c25-21(24-12-1-2-13-24)22(8-14-26-15-9-22)17-18-4-3-5-20(16-18)19-6-10-23-11-7-19/h3-7,10-11,16H,1-2,8-9,12-15,17H2. The Balaban J connectivity index is 1.61. The van der Waals surface area contributed by atoms with Crippen LogP contribution in [0.2, 0.25) is 0 Å². The van der Waals surface area contributed by atoms with Gasteiger partial charge >= 0.3 is 0 Å². The number of pyridine rings is 1. The first kappa shape index (κ1) is 17.2. The van der Waals surface area contributed by atoms with Gasteiger partial charge in [0.25, 0.3) is 0 Å². The lowest BCUT2D eigenvalue weighted by Gasteiger charge is -2.39. The molecule has 2 aromatic rings. The number of hydrogen-bond donors (Lipinski definition) is 0. The summed E-state index contributed by atoms with van der Waals surface area (Å²) >= 11 is 0. The highest BCUT2D eigenvalue weighted by Crippen LogP contribution is 2.38. The van der Waals surface area contributed by atoms with Crippen LogP contribution in [0.15, 0.2) is 48.8 Å². The number of benzene rings is 1. The maximum Gasteiger partial charge on any atom is 0.229 e. The summed E-state index contributed by atoms with van der Waals surface area (Å²) in [5.41, 5.74) is 3.27. The minimum atomic E-state index is -0.306. The van der Waals surface area contributed by atoms with Crippen LogP contribution in [0, 0.1) is 5.41 Å². The Bertz CT molecular complexity index is 748. The number of carbonyl (C=O) groups excluding carboxylic acids is 1. The van der Waals surface area contributed by atoms with E-state index < -0.39 is 0 Å². The molecule has 0 aliphatic carbocycles. The van der Waals surface area contributed by atoms with Crippen molar-refractivity contribution in [2.75, 3.05) is 26.3 Å². The van der Waals surface area contributed by atoms with Gasteiger partial charge in [-0.25, -0.2) is 0 Å². The summed E-state index contributed by atoms with van der Waals surface area (Å²) in [6, 6.07) is 12.6. The highest BCUT2D eigenvalue weighted by molar-refractivity contribution is 5.83. The minimum absolute atomic E-state index is 0.306. The van der Waals surface area contributed by atoms with Gasteiger partial charge in [0.05, 0.1) is 5.41 Å². The minimum Gasteiger partial charge on any atom is -0.381 e. The van der Waals surface area contributed by atoms with E-state index in [0.717, 1.165) is 50.8 Å². The molecular formula is C22H26N2O2. The lowest BCUT2D eigenvalue weighted by Crippen LogP contribution is -2.47. The second-order valence-corrected chi connectivity index (χ2v) is 7.51. The zero-order valence-electron chi connectivity index (χ0n) is 15.2. The van der Waals surface area contributed by atoms with E-state index in [0.29, 0.717) is 19.1 Å². The molecule has 0 unspecified atom stereocenters. The van der Waals surface area contributed by atoms with Gasteiger partial charge in [-0.05, 0) is 60.9 Å². The van der Waals surface area contributed by atoms with E-state index >= 15 is 0 Å². The molecule has 2 saturated heterocycles. The largest absolute Gasteiger partial charge is 0.381 e. The van der Waals surface area contributed by atoms with E-state index in [1.165, 1.54) is 11.1 Å². The van der Waals surface area contributed by atoms with Gasteiger partial charge in [-0.15, -0.1) is 0 Å². The van der Waals surface area contributed by atoms with E-state index in [1.807, 2.05) is 24.5 Å². The van der Waals surface area contributed by atoms with Crippen molar-refractivity contribution in [3.63, 3.8) is 0 Å². The van der Waals surface area contributed by atoms with E-state index in [4.69, 9.17) is 4.74 Å². The lowest BCUT2D eigenvalue weighted by atomic mass is 9.73.